The van der Waals surface area contributed by atoms with Gasteiger partial charge < -0.3 is 26.1 Å². The monoisotopic (exact) mass is 646 g/mol. The molecule has 2 aliphatic heterocycles. The fraction of sp³-hybridized carbons (Fsp3) is 0.250. The first-order chi connectivity index (χ1) is 20.5. The molecule has 3 aromatic rings. The van der Waals surface area contributed by atoms with E-state index in [1.807, 2.05) is 0 Å². The van der Waals surface area contributed by atoms with Crippen LogP contribution in [0.4, 0.5) is 5.13 Å². The molecule has 2 atom stereocenters. The summed E-state index contributed by atoms with van der Waals surface area (Å²) in [5.74, 6) is -2.37. The van der Waals surface area contributed by atoms with Gasteiger partial charge in [0.2, 0.25) is 0 Å². The number of benzene rings is 1. The number of phenols is 1. The van der Waals surface area contributed by atoms with Crippen molar-refractivity contribution >= 4 is 63.5 Å². The summed E-state index contributed by atoms with van der Waals surface area (Å²) in [4.78, 5) is 76.0. The van der Waals surface area contributed by atoms with Crippen LogP contribution in [0.3, 0.4) is 0 Å². The molecule has 4 heterocycles. The van der Waals surface area contributed by atoms with Gasteiger partial charge in [-0.25, -0.2) is 9.78 Å². The number of carboxylic acid groups (broad SMARTS) is 1. The average molecular weight is 647 g/mol. The van der Waals surface area contributed by atoms with Crippen molar-refractivity contribution in [2.75, 3.05) is 17.2 Å². The van der Waals surface area contributed by atoms with Crippen LogP contribution < -0.4 is 22.2 Å². The number of aliphatic carboxylic acids is 1. The summed E-state index contributed by atoms with van der Waals surface area (Å²) in [6.07, 6.45) is 0. The van der Waals surface area contributed by atoms with Gasteiger partial charge in [0.1, 0.15) is 35.2 Å². The predicted molar refractivity (Wildman–Crippen MR) is 156 cm³/mol. The number of carboxylic acids is 1. The number of aromatic amines is 1. The molecule has 2 aromatic heterocycles. The van der Waals surface area contributed by atoms with Crippen LogP contribution in [-0.2, 0) is 32.9 Å². The number of thiazole rings is 1. The van der Waals surface area contributed by atoms with Crippen molar-refractivity contribution in [1.82, 2.24) is 30.0 Å². The Balaban J connectivity index is 1.30. The number of H-pyrrole nitrogens is 1. The lowest BCUT2D eigenvalue weighted by atomic mass is 10.0. The highest BCUT2D eigenvalue weighted by Gasteiger charge is 2.54. The number of thioether (sulfide) groups is 2. The normalized spacial score (nSPS) is 18.2. The van der Waals surface area contributed by atoms with Crippen molar-refractivity contribution in [1.29, 1.82) is 0 Å². The number of phenolic OH excluding ortho intramolecular Hbond substituents is 1. The maximum absolute atomic E-state index is 13.3. The third-order valence-corrected chi connectivity index (χ3v) is 9.29. The Morgan fingerprint density at radius 1 is 1.26 bits per heavy atom. The molecule has 0 bridgehead atoms. The van der Waals surface area contributed by atoms with Crippen LogP contribution in [0.2, 0.25) is 0 Å². The predicted octanol–water partition coefficient (Wildman–Crippen LogP) is -0.335. The molecule has 0 unspecified atom stereocenters. The number of hydrogen-bond acceptors (Lipinski definition) is 14. The second-order valence-electron chi connectivity index (χ2n) is 9.06. The van der Waals surface area contributed by atoms with E-state index in [0.29, 0.717) is 11.1 Å². The number of carbonyl (C=O) groups is 3. The molecule has 224 valence electrons. The first-order valence-electron chi connectivity index (χ1n) is 12.2. The summed E-state index contributed by atoms with van der Waals surface area (Å²) < 4.78 is 1.25. The van der Waals surface area contributed by atoms with Gasteiger partial charge in [0.15, 0.2) is 16.0 Å². The SMILES string of the molecule is Cn1[nH]c(=O)c(=O)nc1SCC1=C(C(=O)O)N2C(=O)[C@@H](NC(=O)C(=NOCc3ccc(O)cc3)c3csc(N)n3)[C@H]2SC1. The smallest absolute Gasteiger partial charge is 0.352 e. The van der Waals surface area contributed by atoms with Gasteiger partial charge in [-0.2, -0.15) is 4.98 Å². The number of amides is 2. The topological polar surface area (TPSA) is 235 Å². The van der Waals surface area contributed by atoms with E-state index >= 15 is 0 Å². The molecule has 6 N–H and O–H groups in total. The Morgan fingerprint density at radius 3 is 2.67 bits per heavy atom. The number of anilines is 1. The van der Waals surface area contributed by atoms with Crippen LogP contribution in [-0.4, -0.2) is 81.3 Å². The number of aromatic nitrogens is 4. The molecule has 19 heteroatoms. The van der Waals surface area contributed by atoms with Crippen molar-refractivity contribution in [2.24, 2.45) is 12.2 Å². The first-order valence-corrected chi connectivity index (χ1v) is 15.1. The van der Waals surface area contributed by atoms with Crippen LogP contribution >= 0.6 is 34.9 Å². The Morgan fingerprint density at radius 2 is 2.00 bits per heavy atom. The van der Waals surface area contributed by atoms with Crippen molar-refractivity contribution in [3.63, 3.8) is 0 Å². The summed E-state index contributed by atoms with van der Waals surface area (Å²) in [6.45, 7) is -0.0262. The van der Waals surface area contributed by atoms with Gasteiger partial charge in [-0.15, -0.1) is 23.1 Å². The molecular weight excluding hydrogens is 625 g/mol. The molecular formula is C24H22N8O8S3. The number of aryl methyl sites for hydroxylation is 1. The minimum Gasteiger partial charge on any atom is -0.508 e. The summed E-state index contributed by atoms with van der Waals surface area (Å²) in [5.41, 5.74) is 4.61. The van der Waals surface area contributed by atoms with Gasteiger partial charge in [0.25, 0.3) is 11.8 Å². The highest BCUT2D eigenvalue weighted by molar-refractivity contribution is 8.01. The number of nitrogens with one attached hydrogen (secondary N) is 2. The van der Waals surface area contributed by atoms with Gasteiger partial charge in [0.05, 0.1) is 0 Å². The van der Waals surface area contributed by atoms with E-state index in [9.17, 15) is 34.2 Å². The maximum atomic E-state index is 13.3. The number of nitrogens with zero attached hydrogens (tertiary/aromatic N) is 5. The van der Waals surface area contributed by atoms with Crippen LogP contribution in [0.5, 0.6) is 5.75 Å². The van der Waals surface area contributed by atoms with Crippen molar-refractivity contribution < 1.29 is 29.4 Å². The quantitative estimate of drug-likeness (QED) is 0.0624. The number of β-lactam (4-membered cyclic amide) rings is 1. The number of nitrogens with two attached hydrogens (primary N) is 1. The van der Waals surface area contributed by atoms with E-state index in [2.05, 4.69) is 25.5 Å². The van der Waals surface area contributed by atoms with E-state index < -0.39 is 40.3 Å². The molecule has 1 fully saturated rings. The van der Waals surface area contributed by atoms with E-state index in [-0.39, 0.29) is 51.3 Å². The third-order valence-electron chi connectivity index (χ3n) is 6.16. The average Bonchev–Trinajstić information content (AvgIpc) is 3.40. The number of hydrogen-bond donors (Lipinski definition) is 5. The largest absolute Gasteiger partial charge is 0.508 e. The lowest BCUT2D eigenvalue weighted by Gasteiger charge is -2.49. The molecule has 43 heavy (non-hydrogen) atoms. The summed E-state index contributed by atoms with van der Waals surface area (Å²) in [6, 6.07) is 5.12. The zero-order valence-electron chi connectivity index (χ0n) is 22.0. The van der Waals surface area contributed by atoms with E-state index in [0.717, 1.165) is 28.0 Å². The minimum absolute atomic E-state index is 0.0262. The van der Waals surface area contributed by atoms with Crippen molar-refractivity contribution in [3.8, 4) is 5.75 Å². The van der Waals surface area contributed by atoms with Crippen LogP contribution in [0, 0.1) is 0 Å². The molecule has 2 amide bonds. The lowest BCUT2D eigenvalue weighted by Crippen LogP contribution is -2.71. The Labute approximate surface area is 253 Å². The molecule has 2 aliphatic rings. The molecule has 1 saturated heterocycles. The van der Waals surface area contributed by atoms with E-state index in [1.54, 1.807) is 12.1 Å². The Hall–Kier alpha value is -4.62. The van der Waals surface area contributed by atoms with Gasteiger partial charge >= 0.3 is 17.1 Å². The number of aromatic hydroxyl groups is 1. The maximum Gasteiger partial charge on any atom is 0.352 e. The standard InChI is InChI=1S/C24H22N8O8S3/c1-31-24(28-18(35)19(36)29-31)43-8-11-7-41-21-15(20(37)32(21)16(11)22(38)39)27-17(34)14(13-9-42-23(25)26-13)30-40-6-10-2-4-12(33)5-3-10/h2-5,9,15,21,33H,6-8H2,1H3,(H2,25,26)(H,27,34)(H,29,36)(H,38,39)/t15-,21-/m1/s1. The van der Waals surface area contributed by atoms with Crippen molar-refractivity contribution in [2.45, 2.75) is 23.2 Å². The number of fused-ring (bicyclic) bond motifs is 1. The molecule has 0 aliphatic carbocycles. The van der Waals surface area contributed by atoms with Gasteiger partial charge in [0, 0.05) is 23.9 Å². The Bertz CT molecular complexity index is 1780. The number of rotatable bonds is 10. The molecule has 0 radical (unpaired) electrons. The summed E-state index contributed by atoms with van der Waals surface area (Å²) in [7, 11) is 1.48. The molecule has 5 rings (SSSR count). The van der Waals surface area contributed by atoms with Crippen LogP contribution in [0.25, 0.3) is 0 Å². The minimum atomic E-state index is -1.33. The van der Waals surface area contributed by atoms with E-state index in [4.69, 9.17) is 10.6 Å². The Kier molecular flexibility index (Phi) is 8.55. The molecule has 0 spiro atoms. The third kappa shape index (κ3) is 6.27. The zero-order valence-corrected chi connectivity index (χ0v) is 24.5. The van der Waals surface area contributed by atoms with Crippen LogP contribution in [0.1, 0.15) is 11.3 Å². The van der Waals surface area contributed by atoms with Gasteiger partial charge in [-0.05, 0) is 23.3 Å². The molecule has 16 nitrogen and oxygen atoms in total. The second kappa shape index (κ2) is 12.3. The zero-order chi connectivity index (χ0) is 30.8. The molecule has 0 saturated carbocycles. The number of carbonyl (C=O) groups excluding carboxylic acids is 2. The van der Waals surface area contributed by atoms with E-state index in [1.165, 1.54) is 41.0 Å². The summed E-state index contributed by atoms with van der Waals surface area (Å²) in [5, 5.41) is 29.4. The summed E-state index contributed by atoms with van der Waals surface area (Å²) >= 11 is 3.36. The number of nitrogen functional groups attached to an aromatic ring is 1. The highest BCUT2D eigenvalue weighted by atomic mass is 32.2. The number of oxime groups is 1. The second-order valence-corrected chi connectivity index (χ2v) is 12.0. The van der Waals surface area contributed by atoms with Crippen LogP contribution in [0.15, 0.2) is 60.8 Å². The van der Waals surface area contributed by atoms with Crippen molar-refractivity contribution in [3.05, 3.63) is 72.9 Å². The van der Waals surface area contributed by atoms with Gasteiger partial charge in [-0.1, -0.05) is 29.1 Å². The van der Waals surface area contributed by atoms with Gasteiger partial charge in [-0.3, -0.25) is 33.9 Å². The lowest BCUT2D eigenvalue weighted by molar-refractivity contribution is -0.150. The fourth-order valence-corrected chi connectivity index (χ4v) is 7.06. The molecule has 1 aromatic carbocycles. The fourth-order valence-electron chi connectivity index (χ4n) is 4.11. The highest BCUT2D eigenvalue weighted by Crippen LogP contribution is 2.41. The first kappa shape index (κ1) is 29.9.